The molecule has 0 aliphatic rings. The summed E-state index contributed by atoms with van der Waals surface area (Å²) in [5.74, 6) is 0.755. The Balaban J connectivity index is 2.31. The first-order chi connectivity index (χ1) is 8.19. The van der Waals surface area contributed by atoms with Crippen LogP contribution in [0.3, 0.4) is 0 Å². The van der Waals surface area contributed by atoms with Gasteiger partial charge < -0.3 is 5.32 Å². The highest BCUT2D eigenvalue weighted by Crippen LogP contribution is 2.06. The molecule has 6 heteroatoms. The number of pyridine rings is 1. The van der Waals surface area contributed by atoms with E-state index in [2.05, 4.69) is 15.3 Å². The average molecular weight is 251 g/mol. The van der Waals surface area contributed by atoms with E-state index in [1.54, 1.807) is 13.2 Å². The molecule has 2 aromatic heterocycles. The van der Waals surface area contributed by atoms with E-state index < -0.39 is 0 Å². The minimum Gasteiger partial charge on any atom is -0.373 e. The van der Waals surface area contributed by atoms with Gasteiger partial charge in [0, 0.05) is 13.2 Å². The van der Waals surface area contributed by atoms with Crippen LogP contribution < -0.4 is 11.0 Å². The topological polar surface area (TPSA) is 59.8 Å². The van der Waals surface area contributed by atoms with Crippen LogP contribution in [-0.4, -0.2) is 21.6 Å². The van der Waals surface area contributed by atoms with Gasteiger partial charge in [-0.25, -0.2) is 14.8 Å². The minimum atomic E-state index is -0.342. The summed E-state index contributed by atoms with van der Waals surface area (Å²) in [5.41, 5.74) is 0.425. The summed E-state index contributed by atoms with van der Waals surface area (Å²) in [7, 11) is 1.79. The summed E-state index contributed by atoms with van der Waals surface area (Å²) in [6, 6.07) is 5.56. The molecule has 0 saturated heterocycles. The van der Waals surface area contributed by atoms with Gasteiger partial charge in [0.2, 0.25) is 0 Å². The summed E-state index contributed by atoms with van der Waals surface area (Å²) < 4.78 is 1.42. The van der Waals surface area contributed by atoms with E-state index in [0.29, 0.717) is 11.6 Å². The molecule has 0 spiro atoms. The Hall–Kier alpha value is -1.88. The number of nitrogens with zero attached hydrogens (tertiary/aromatic N) is 3. The molecule has 0 aliphatic carbocycles. The van der Waals surface area contributed by atoms with Crippen LogP contribution in [0, 0.1) is 0 Å². The van der Waals surface area contributed by atoms with E-state index in [0.717, 1.165) is 11.5 Å². The van der Waals surface area contributed by atoms with E-state index in [1.165, 1.54) is 10.8 Å². The van der Waals surface area contributed by atoms with Crippen LogP contribution in [-0.2, 0) is 6.54 Å². The van der Waals surface area contributed by atoms with Crippen molar-refractivity contribution < 1.29 is 0 Å². The molecule has 0 radical (unpaired) electrons. The van der Waals surface area contributed by atoms with Gasteiger partial charge in [-0.3, -0.25) is 4.57 Å². The Morgan fingerprint density at radius 1 is 1.47 bits per heavy atom. The second kappa shape index (κ2) is 4.97. The molecular formula is C11H11ClN4O. The van der Waals surface area contributed by atoms with Crippen molar-refractivity contribution in [1.29, 1.82) is 0 Å². The SMILES string of the molecule is CNc1cccc(Cn2cc(Cl)cnc2=O)n1. The van der Waals surface area contributed by atoms with Gasteiger partial charge >= 0.3 is 5.69 Å². The van der Waals surface area contributed by atoms with Crippen LogP contribution in [0.1, 0.15) is 5.69 Å². The molecule has 0 unspecified atom stereocenters. The van der Waals surface area contributed by atoms with Crippen LogP contribution in [0.25, 0.3) is 0 Å². The lowest BCUT2D eigenvalue weighted by molar-refractivity contribution is 0.711. The van der Waals surface area contributed by atoms with Crippen molar-refractivity contribution in [3.63, 3.8) is 0 Å². The third-order valence-electron chi connectivity index (χ3n) is 2.22. The Morgan fingerprint density at radius 2 is 2.29 bits per heavy atom. The monoisotopic (exact) mass is 250 g/mol. The zero-order chi connectivity index (χ0) is 12.3. The first kappa shape index (κ1) is 11.6. The number of anilines is 1. The zero-order valence-electron chi connectivity index (χ0n) is 9.22. The quantitative estimate of drug-likeness (QED) is 0.894. The fourth-order valence-corrected chi connectivity index (χ4v) is 1.59. The standard InChI is InChI=1S/C11H11ClN4O/c1-13-10-4-2-3-9(15-10)7-16-6-8(12)5-14-11(16)17/h2-6H,7H2,1H3,(H,13,15). The van der Waals surface area contributed by atoms with Gasteiger partial charge in [-0.05, 0) is 12.1 Å². The van der Waals surface area contributed by atoms with Crippen molar-refractivity contribution >= 4 is 17.4 Å². The molecule has 2 aromatic rings. The second-order valence-electron chi connectivity index (χ2n) is 3.45. The second-order valence-corrected chi connectivity index (χ2v) is 3.88. The number of hydrogen-bond acceptors (Lipinski definition) is 4. The Kier molecular flexibility index (Phi) is 3.39. The van der Waals surface area contributed by atoms with E-state index in [1.807, 2.05) is 18.2 Å². The molecular weight excluding hydrogens is 240 g/mol. The highest BCUT2D eigenvalue weighted by atomic mass is 35.5. The highest BCUT2D eigenvalue weighted by Gasteiger charge is 2.02. The third kappa shape index (κ3) is 2.82. The van der Waals surface area contributed by atoms with E-state index in [-0.39, 0.29) is 5.69 Å². The van der Waals surface area contributed by atoms with Gasteiger partial charge in [0.15, 0.2) is 0 Å². The zero-order valence-corrected chi connectivity index (χ0v) is 9.98. The van der Waals surface area contributed by atoms with Crippen LogP contribution >= 0.6 is 11.6 Å². The van der Waals surface area contributed by atoms with Crippen LogP contribution in [0.4, 0.5) is 5.82 Å². The Labute approximate surface area is 103 Å². The molecule has 0 atom stereocenters. The van der Waals surface area contributed by atoms with Crippen molar-refractivity contribution in [2.45, 2.75) is 6.54 Å². The fourth-order valence-electron chi connectivity index (χ4n) is 1.42. The Bertz CT molecular complexity index is 582. The van der Waals surface area contributed by atoms with Gasteiger partial charge in [0.1, 0.15) is 5.82 Å². The molecule has 0 fully saturated rings. The summed E-state index contributed by atoms with van der Waals surface area (Å²) in [6.45, 7) is 0.349. The molecule has 0 aliphatic heterocycles. The van der Waals surface area contributed by atoms with Crippen molar-refractivity contribution in [3.05, 3.63) is 51.8 Å². The summed E-state index contributed by atoms with van der Waals surface area (Å²) in [6.07, 6.45) is 2.88. The maximum absolute atomic E-state index is 11.5. The van der Waals surface area contributed by atoms with Crippen LogP contribution in [0.15, 0.2) is 35.4 Å². The predicted molar refractivity (Wildman–Crippen MR) is 66.4 cm³/mol. The maximum Gasteiger partial charge on any atom is 0.347 e. The molecule has 0 saturated carbocycles. The molecule has 88 valence electrons. The van der Waals surface area contributed by atoms with Gasteiger partial charge in [-0.2, -0.15) is 0 Å². The molecule has 0 bridgehead atoms. The molecule has 2 heterocycles. The molecule has 1 N–H and O–H groups in total. The lowest BCUT2D eigenvalue weighted by Crippen LogP contribution is -2.22. The number of hydrogen-bond donors (Lipinski definition) is 1. The number of rotatable bonds is 3. The fraction of sp³-hybridized carbons (Fsp3) is 0.182. The van der Waals surface area contributed by atoms with E-state index >= 15 is 0 Å². The van der Waals surface area contributed by atoms with Gasteiger partial charge in [0.05, 0.1) is 23.5 Å². The minimum absolute atomic E-state index is 0.342. The average Bonchev–Trinajstić information content (AvgIpc) is 2.34. The normalized spacial score (nSPS) is 10.2. The molecule has 2 rings (SSSR count). The van der Waals surface area contributed by atoms with Crippen LogP contribution in [0.2, 0.25) is 5.02 Å². The number of nitrogens with one attached hydrogen (secondary N) is 1. The number of aromatic nitrogens is 3. The maximum atomic E-state index is 11.5. The van der Waals surface area contributed by atoms with E-state index in [4.69, 9.17) is 11.6 Å². The predicted octanol–water partition coefficient (Wildman–Crippen LogP) is 1.38. The van der Waals surface area contributed by atoms with Crippen molar-refractivity contribution in [3.8, 4) is 0 Å². The van der Waals surface area contributed by atoms with Crippen LogP contribution in [0.5, 0.6) is 0 Å². The Morgan fingerprint density at radius 3 is 3.06 bits per heavy atom. The van der Waals surface area contributed by atoms with Gasteiger partial charge in [-0.15, -0.1) is 0 Å². The largest absolute Gasteiger partial charge is 0.373 e. The summed E-state index contributed by atoms with van der Waals surface area (Å²) in [5, 5.41) is 3.36. The lowest BCUT2D eigenvalue weighted by Gasteiger charge is -2.06. The van der Waals surface area contributed by atoms with Gasteiger partial charge in [0.25, 0.3) is 0 Å². The first-order valence-electron chi connectivity index (χ1n) is 5.05. The highest BCUT2D eigenvalue weighted by molar-refractivity contribution is 6.30. The van der Waals surface area contributed by atoms with Crippen molar-refractivity contribution in [1.82, 2.24) is 14.5 Å². The molecule has 17 heavy (non-hydrogen) atoms. The summed E-state index contributed by atoms with van der Waals surface area (Å²) >= 11 is 5.79. The smallest absolute Gasteiger partial charge is 0.347 e. The molecule has 0 aromatic carbocycles. The van der Waals surface area contributed by atoms with Crippen molar-refractivity contribution in [2.24, 2.45) is 0 Å². The first-order valence-corrected chi connectivity index (χ1v) is 5.42. The molecule has 5 nitrogen and oxygen atoms in total. The van der Waals surface area contributed by atoms with E-state index in [9.17, 15) is 4.79 Å². The lowest BCUT2D eigenvalue weighted by atomic mass is 10.3. The molecule has 0 amide bonds. The van der Waals surface area contributed by atoms with Crippen molar-refractivity contribution in [2.75, 3.05) is 12.4 Å². The number of halogens is 1. The van der Waals surface area contributed by atoms with Gasteiger partial charge in [-0.1, -0.05) is 17.7 Å². The third-order valence-corrected chi connectivity index (χ3v) is 2.41. The summed E-state index contributed by atoms with van der Waals surface area (Å²) in [4.78, 5) is 19.4.